The summed E-state index contributed by atoms with van der Waals surface area (Å²) >= 11 is 0. The molecule has 16 atom stereocenters. The smallest absolute Gasteiger partial charge is 0.186 e. The van der Waals surface area contributed by atoms with Crippen LogP contribution >= 0.6 is 0 Å². The molecule has 11 heteroatoms. The highest BCUT2D eigenvalue weighted by Gasteiger charge is 2.69. The molecule has 11 nitrogen and oxygen atoms in total. The molecule has 6 N–H and O–H groups in total. The Bertz CT molecular complexity index is 1290. The van der Waals surface area contributed by atoms with Gasteiger partial charge in [0.15, 0.2) is 24.0 Å². The van der Waals surface area contributed by atoms with Crippen LogP contribution in [-0.4, -0.2) is 110 Å². The zero-order chi connectivity index (χ0) is 33.1. The highest BCUT2D eigenvalue weighted by Crippen LogP contribution is 2.67. The van der Waals surface area contributed by atoms with Gasteiger partial charge in [-0.2, -0.15) is 0 Å². The quantitative estimate of drug-likeness (QED) is 0.246. The molecule has 4 fully saturated rings. The van der Waals surface area contributed by atoms with E-state index in [4.69, 9.17) is 18.9 Å². The summed E-state index contributed by atoms with van der Waals surface area (Å²) in [7, 11) is 0. The van der Waals surface area contributed by atoms with Crippen molar-refractivity contribution in [3.63, 3.8) is 0 Å². The number of allylic oxidation sites excluding steroid dienone is 3. The number of ketones is 1. The van der Waals surface area contributed by atoms with Crippen molar-refractivity contribution in [3.05, 3.63) is 22.8 Å². The van der Waals surface area contributed by atoms with E-state index in [1.807, 2.05) is 0 Å². The number of carbonyl (C=O) groups excluding carboxylic acids is 1. The highest BCUT2D eigenvalue weighted by atomic mass is 16.7. The molecule has 258 valence electrons. The zero-order valence-corrected chi connectivity index (χ0v) is 27.5. The number of hydrogen-bond acceptors (Lipinski definition) is 11. The number of aliphatic hydroxyl groups is 6. The van der Waals surface area contributed by atoms with E-state index >= 15 is 0 Å². The molecule has 46 heavy (non-hydrogen) atoms. The maximum atomic E-state index is 12.7. The average Bonchev–Trinajstić information content (AvgIpc) is 3.64. The predicted octanol–water partition coefficient (Wildman–Crippen LogP) is 1.50. The predicted molar refractivity (Wildman–Crippen MR) is 163 cm³/mol. The Morgan fingerprint density at radius 2 is 1.76 bits per heavy atom. The highest BCUT2D eigenvalue weighted by molar-refractivity contribution is 5.86. The third-order valence-corrected chi connectivity index (χ3v) is 13.6. The number of Topliss-reactive ketones (excluding diaryl/α,β-unsaturated/α-hetero) is 1. The van der Waals surface area contributed by atoms with E-state index in [0.717, 1.165) is 44.9 Å². The van der Waals surface area contributed by atoms with Gasteiger partial charge in [-0.3, -0.25) is 4.79 Å². The van der Waals surface area contributed by atoms with Crippen LogP contribution in [0.2, 0.25) is 0 Å². The van der Waals surface area contributed by atoms with Crippen molar-refractivity contribution in [1.29, 1.82) is 0 Å². The van der Waals surface area contributed by atoms with Crippen molar-refractivity contribution in [2.75, 3.05) is 6.61 Å². The Labute approximate surface area is 270 Å². The van der Waals surface area contributed by atoms with Gasteiger partial charge in [-0.25, -0.2) is 0 Å². The first kappa shape index (κ1) is 33.3. The number of rotatable bonds is 6. The van der Waals surface area contributed by atoms with Gasteiger partial charge in [-0.1, -0.05) is 39.3 Å². The second-order valence-electron chi connectivity index (χ2n) is 16.0. The van der Waals surface area contributed by atoms with Crippen LogP contribution in [0.4, 0.5) is 0 Å². The summed E-state index contributed by atoms with van der Waals surface area (Å²) in [6.07, 6.45) is -0.926. The lowest BCUT2D eigenvalue weighted by Crippen LogP contribution is -2.60. The summed E-state index contributed by atoms with van der Waals surface area (Å²) in [5, 5.41) is 63.2. The van der Waals surface area contributed by atoms with Crippen LogP contribution < -0.4 is 0 Å². The molecular weight excluding hydrogens is 596 g/mol. The Kier molecular flexibility index (Phi) is 8.24. The van der Waals surface area contributed by atoms with Gasteiger partial charge in [-0.15, -0.1) is 0 Å². The summed E-state index contributed by atoms with van der Waals surface area (Å²) < 4.78 is 24.5. The number of aliphatic hydroxyl groups excluding tert-OH is 5. The van der Waals surface area contributed by atoms with Crippen LogP contribution in [0.5, 0.6) is 0 Å². The lowest BCUT2D eigenvalue weighted by Gasteiger charge is -2.54. The number of hydrogen-bond donors (Lipinski definition) is 6. The maximum absolute atomic E-state index is 12.7. The maximum Gasteiger partial charge on any atom is 0.186 e. The third-order valence-electron chi connectivity index (χ3n) is 13.6. The first-order valence-electron chi connectivity index (χ1n) is 17.3. The molecule has 4 aliphatic carbocycles. The van der Waals surface area contributed by atoms with Crippen molar-refractivity contribution < 1.29 is 54.4 Å². The topological polar surface area (TPSA) is 175 Å². The van der Waals surface area contributed by atoms with E-state index in [-0.39, 0.29) is 40.7 Å². The van der Waals surface area contributed by atoms with Crippen LogP contribution in [0.1, 0.15) is 79.6 Å². The molecule has 3 aliphatic heterocycles. The fourth-order valence-corrected chi connectivity index (χ4v) is 10.8. The molecular formula is C35H52O11. The van der Waals surface area contributed by atoms with E-state index in [9.17, 15) is 35.4 Å². The lowest BCUT2D eigenvalue weighted by molar-refractivity contribution is -0.315. The number of fused-ring (bicyclic) bond motifs is 8. The average molecular weight is 649 g/mol. The molecule has 0 amide bonds. The van der Waals surface area contributed by atoms with Gasteiger partial charge in [0.25, 0.3) is 0 Å². The van der Waals surface area contributed by atoms with Crippen molar-refractivity contribution >= 4 is 5.78 Å². The van der Waals surface area contributed by atoms with Crippen molar-refractivity contribution in [1.82, 2.24) is 0 Å². The van der Waals surface area contributed by atoms with Crippen LogP contribution in [0.15, 0.2) is 22.8 Å². The van der Waals surface area contributed by atoms with Gasteiger partial charge in [0.05, 0.1) is 24.9 Å². The fraction of sp³-hybridized carbons (Fsp3) is 0.857. The van der Waals surface area contributed by atoms with E-state index in [2.05, 4.69) is 19.9 Å². The molecule has 0 radical (unpaired) electrons. The molecule has 7 aliphatic rings. The zero-order valence-electron chi connectivity index (χ0n) is 27.5. The molecule has 0 aromatic rings. The Balaban J connectivity index is 1.10. The molecule has 3 heterocycles. The minimum Gasteiger partial charge on any atom is -0.394 e. The van der Waals surface area contributed by atoms with E-state index < -0.39 is 67.3 Å². The molecule has 0 spiro atoms. The molecule has 0 aromatic heterocycles. The van der Waals surface area contributed by atoms with Crippen LogP contribution in [0, 0.1) is 34.5 Å². The Morgan fingerprint density at radius 3 is 2.43 bits per heavy atom. The fourth-order valence-electron chi connectivity index (χ4n) is 10.8. The first-order valence-corrected chi connectivity index (χ1v) is 17.3. The van der Waals surface area contributed by atoms with E-state index in [1.54, 1.807) is 13.8 Å². The standard InChI is InChI=1S/C35H52O11/c1-15(2)35(42,16(3)37)30-29-24(31(41)46-30)25-22(44-29)13-21-19-7-6-17-12-18(8-10-33(17,4)20(19)9-11-34(21,25)5)43-32-28(40)27(39)26(38)23(14-36)45-32/h13,15,17-18,22-32,36,38-42H,6-12,14H2,1-5H3/t17-,18-,22+,23+,24-,25+,26+,27-,28+,29+,30-,31-,32+,33-,34-,35+/m0/s1. The summed E-state index contributed by atoms with van der Waals surface area (Å²) in [4.78, 5) is 12.7. The Morgan fingerprint density at radius 1 is 1.02 bits per heavy atom. The van der Waals surface area contributed by atoms with E-state index in [0.29, 0.717) is 5.92 Å². The van der Waals surface area contributed by atoms with Crippen LogP contribution in [-0.2, 0) is 23.7 Å². The lowest BCUT2D eigenvalue weighted by atomic mass is 9.51. The van der Waals surface area contributed by atoms with Crippen LogP contribution in [0.25, 0.3) is 0 Å². The second kappa shape index (κ2) is 11.4. The monoisotopic (exact) mass is 648 g/mol. The normalized spacial score (nSPS) is 51.1. The third kappa shape index (κ3) is 4.57. The summed E-state index contributed by atoms with van der Waals surface area (Å²) in [5.41, 5.74) is 2.27. The van der Waals surface area contributed by atoms with Gasteiger partial charge < -0.3 is 49.6 Å². The molecule has 7 rings (SSSR count). The number of carbonyl (C=O) groups is 1. The number of ether oxygens (including phenoxy) is 4. The summed E-state index contributed by atoms with van der Waals surface area (Å²) in [6.45, 7) is 9.13. The summed E-state index contributed by atoms with van der Waals surface area (Å²) in [6, 6.07) is 0. The minimum absolute atomic E-state index is 0.0115. The first-order chi connectivity index (χ1) is 21.7. The van der Waals surface area contributed by atoms with Crippen LogP contribution in [0.3, 0.4) is 0 Å². The molecule has 0 bridgehead atoms. The molecule has 0 unspecified atom stereocenters. The van der Waals surface area contributed by atoms with Crippen molar-refractivity contribution in [3.8, 4) is 0 Å². The van der Waals surface area contributed by atoms with Gasteiger partial charge in [-0.05, 0) is 85.7 Å². The molecule has 1 saturated carbocycles. The molecule has 0 aromatic carbocycles. The van der Waals surface area contributed by atoms with Gasteiger partial charge in [0, 0.05) is 11.8 Å². The van der Waals surface area contributed by atoms with E-state index in [1.165, 1.54) is 23.6 Å². The minimum atomic E-state index is -1.74. The van der Waals surface area contributed by atoms with Gasteiger partial charge >= 0.3 is 0 Å². The largest absolute Gasteiger partial charge is 0.394 e. The van der Waals surface area contributed by atoms with Crippen molar-refractivity contribution in [2.45, 2.75) is 147 Å². The molecule has 3 saturated heterocycles. The second-order valence-corrected chi connectivity index (χ2v) is 16.0. The van der Waals surface area contributed by atoms with Gasteiger partial charge in [0.1, 0.15) is 30.5 Å². The van der Waals surface area contributed by atoms with Crippen molar-refractivity contribution in [2.24, 2.45) is 34.5 Å². The SMILES string of the molecule is CC(=O)[C@](O)(C(C)C)[C@H]1O[C@H](O)[C@@H]2[C@H]1O[C@@H]1C=C3C4=C(CC[C@]3(C)[C@@H]21)[C@@]1(C)CC[C@H](O[C@@H]2O[C@H](CO)[C@@H](O)[C@H](O)[C@H]2O)C[C@@H]1CC4. The Hall–Kier alpha value is -1.25. The summed E-state index contributed by atoms with van der Waals surface area (Å²) in [5.74, 6) is -0.773. The van der Waals surface area contributed by atoms with Gasteiger partial charge in [0.2, 0.25) is 0 Å².